The number of benzene rings is 1. The van der Waals surface area contributed by atoms with E-state index in [2.05, 4.69) is 15.3 Å². The van der Waals surface area contributed by atoms with Crippen molar-refractivity contribution in [1.29, 1.82) is 0 Å². The van der Waals surface area contributed by atoms with Crippen molar-refractivity contribution in [3.05, 3.63) is 108 Å². The van der Waals surface area contributed by atoms with Crippen LogP contribution in [0.3, 0.4) is 0 Å². The summed E-state index contributed by atoms with van der Waals surface area (Å²) in [6.45, 7) is 4.59. The first-order valence-corrected chi connectivity index (χ1v) is 14.7. The van der Waals surface area contributed by atoms with E-state index < -0.39 is 5.67 Å². The molecule has 0 spiro atoms. The number of aromatic nitrogens is 2. The number of likely N-dealkylation sites (tertiary alicyclic amines) is 1. The Bertz CT molecular complexity index is 1710. The Balaban J connectivity index is 1.38. The molecule has 1 aromatic carbocycles. The van der Waals surface area contributed by atoms with Crippen molar-refractivity contribution < 1.29 is 18.4 Å². The first kappa shape index (κ1) is 30.4. The maximum atomic E-state index is 14.2. The highest BCUT2D eigenvalue weighted by Crippen LogP contribution is 2.35. The fourth-order valence-corrected chi connectivity index (χ4v) is 5.12. The van der Waals surface area contributed by atoms with Crippen molar-refractivity contribution in [2.45, 2.75) is 45.3 Å². The molecule has 0 radical (unpaired) electrons. The normalized spacial score (nSPS) is 15.3. The van der Waals surface area contributed by atoms with Crippen LogP contribution in [0.1, 0.15) is 49.2 Å². The van der Waals surface area contributed by atoms with E-state index in [0.717, 1.165) is 34.1 Å². The smallest absolute Gasteiger partial charge is 0.255 e. The van der Waals surface area contributed by atoms with E-state index in [9.17, 15) is 14.0 Å². The Kier molecular flexibility index (Phi) is 9.33. The highest BCUT2D eigenvalue weighted by molar-refractivity contribution is 5.97. The second-order valence-electron chi connectivity index (χ2n) is 11.1. The van der Waals surface area contributed by atoms with E-state index >= 15 is 0 Å². The van der Waals surface area contributed by atoms with Gasteiger partial charge in [0.2, 0.25) is 5.91 Å². The Hall–Kier alpha value is -5.05. The van der Waals surface area contributed by atoms with Gasteiger partial charge < -0.3 is 20.4 Å². The van der Waals surface area contributed by atoms with Gasteiger partial charge in [0, 0.05) is 54.3 Å². The van der Waals surface area contributed by atoms with Crippen LogP contribution in [-0.4, -0.2) is 45.4 Å². The van der Waals surface area contributed by atoms with Crippen LogP contribution in [-0.2, 0) is 11.3 Å². The zero-order valence-corrected chi connectivity index (χ0v) is 24.9. The first-order chi connectivity index (χ1) is 21.3. The number of piperidine rings is 1. The van der Waals surface area contributed by atoms with Gasteiger partial charge in [-0.05, 0) is 92.1 Å². The van der Waals surface area contributed by atoms with E-state index in [0.29, 0.717) is 48.5 Å². The van der Waals surface area contributed by atoms with Gasteiger partial charge in [-0.25, -0.2) is 4.39 Å². The van der Waals surface area contributed by atoms with Crippen LogP contribution in [0.25, 0.3) is 33.4 Å². The van der Waals surface area contributed by atoms with Gasteiger partial charge in [0.25, 0.3) is 5.91 Å². The number of allylic oxidation sites excluding steroid dienone is 4. The van der Waals surface area contributed by atoms with Crippen molar-refractivity contribution in [2.75, 3.05) is 13.1 Å². The minimum Gasteiger partial charge on any atom is -0.459 e. The molecule has 0 unspecified atom stereocenters. The number of furan rings is 1. The van der Waals surface area contributed by atoms with E-state index in [-0.39, 0.29) is 18.4 Å². The van der Waals surface area contributed by atoms with E-state index in [1.54, 1.807) is 48.6 Å². The number of amides is 2. The zero-order valence-electron chi connectivity index (χ0n) is 24.9. The molecule has 4 heterocycles. The molecule has 1 saturated heterocycles. The average molecular weight is 594 g/mol. The number of hydrogen-bond donors (Lipinski definition) is 2. The summed E-state index contributed by atoms with van der Waals surface area (Å²) < 4.78 is 20.4. The molecule has 9 heteroatoms. The predicted octanol–water partition coefficient (Wildman–Crippen LogP) is 6.50. The van der Waals surface area contributed by atoms with Crippen molar-refractivity contribution in [3.63, 3.8) is 0 Å². The summed E-state index contributed by atoms with van der Waals surface area (Å²) in [6.07, 6.45) is 14.7. The Morgan fingerprint density at radius 2 is 1.86 bits per heavy atom. The molecule has 226 valence electrons. The molecule has 0 atom stereocenters. The lowest BCUT2D eigenvalue weighted by Gasteiger charge is -2.34. The molecule has 44 heavy (non-hydrogen) atoms. The molecule has 0 saturated carbocycles. The molecular formula is C35H36FN5O3. The number of rotatable bonds is 9. The summed E-state index contributed by atoms with van der Waals surface area (Å²) in [7, 11) is 0. The third kappa shape index (κ3) is 7.29. The number of carbonyl (C=O) groups excluding carboxylic acids is 2. The van der Waals surface area contributed by atoms with Gasteiger partial charge in [0.15, 0.2) is 0 Å². The second kappa shape index (κ2) is 13.5. The van der Waals surface area contributed by atoms with Gasteiger partial charge in [0.05, 0.1) is 17.8 Å². The number of fused-ring (bicyclic) bond motifs is 1. The van der Waals surface area contributed by atoms with Crippen LogP contribution in [0, 0.1) is 0 Å². The topological polar surface area (TPSA) is 114 Å². The lowest BCUT2D eigenvalue weighted by molar-refractivity contribution is -0.116. The quantitative estimate of drug-likeness (QED) is 0.169. The molecule has 0 aliphatic carbocycles. The van der Waals surface area contributed by atoms with Gasteiger partial charge >= 0.3 is 0 Å². The zero-order chi connectivity index (χ0) is 31.1. The molecule has 2 amide bonds. The van der Waals surface area contributed by atoms with E-state index in [4.69, 9.17) is 10.2 Å². The lowest BCUT2D eigenvalue weighted by Crippen LogP contribution is -2.43. The lowest BCUT2D eigenvalue weighted by atomic mass is 9.95. The van der Waals surface area contributed by atoms with Gasteiger partial charge in [-0.2, -0.15) is 0 Å². The summed E-state index contributed by atoms with van der Waals surface area (Å²) in [5, 5.41) is 3.73. The third-order valence-corrected chi connectivity index (χ3v) is 7.77. The molecule has 0 bridgehead atoms. The number of pyridine rings is 2. The fourth-order valence-electron chi connectivity index (χ4n) is 5.12. The molecule has 1 fully saturated rings. The summed E-state index contributed by atoms with van der Waals surface area (Å²) >= 11 is 0. The van der Waals surface area contributed by atoms with Crippen LogP contribution in [0.15, 0.2) is 102 Å². The second-order valence-corrected chi connectivity index (χ2v) is 11.1. The van der Waals surface area contributed by atoms with Gasteiger partial charge in [0.1, 0.15) is 17.0 Å². The fraction of sp³-hybridized carbons (Fsp3) is 0.257. The predicted molar refractivity (Wildman–Crippen MR) is 170 cm³/mol. The Labute approximate surface area is 256 Å². The molecule has 5 rings (SSSR count). The Morgan fingerprint density at radius 1 is 1.09 bits per heavy atom. The molecule has 3 N–H and O–H groups in total. The van der Waals surface area contributed by atoms with Gasteiger partial charge in [-0.15, -0.1) is 0 Å². The van der Waals surface area contributed by atoms with Crippen LogP contribution in [0.5, 0.6) is 0 Å². The van der Waals surface area contributed by atoms with Gasteiger partial charge in [-0.3, -0.25) is 19.6 Å². The van der Waals surface area contributed by atoms with Crippen molar-refractivity contribution >= 4 is 22.8 Å². The van der Waals surface area contributed by atoms with Crippen LogP contribution in [0.4, 0.5) is 4.39 Å². The minimum atomic E-state index is -1.22. The van der Waals surface area contributed by atoms with Crippen molar-refractivity contribution in [2.24, 2.45) is 5.73 Å². The molecule has 1 aliphatic heterocycles. The average Bonchev–Trinajstić information content (AvgIpc) is 3.47. The molecule has 4 aromatic rings. The number of nitrogens with one attached hydrogen (secondary N) is 1. The van der Waals surface area contributed by atoms with Gasteiger partial charge in [-0.1, -0.05) is 19.1 Å². The number of hydrogen-bond acceptors (Lipinski definition) is 6. The van der Waals surface area contributed by atoms with E-state index in [1.807, 2.05) is 49.4 Å². The Morgan fingerprint density at radius 3 is 2.55 bits per heavy atom. The first-order valence-electron chi connectivity index (χ1n) is 14.7. The highest BCUT2D eigenvalue weighted by atomic mass is 19.1. The minimum absolute atomic E-state index is 0.141. The molecule has 8 nitrogen and oxygen atoms in total. The standard InChI is InChI=1S/C35H36FN5O3/c1-3-24(5-4-14-37)6-9-32(42)40-23-29-20-28-19-27(21-30(33(28)44-29)25-10-15-38-16-11-25)31-8-7-26(22-39-31)34(43)41-17-12-35(2,36)13-18-41/h4-11,14-16,19-22H,3,12-13,17-18,23,37H2,1-2H3,(H,40,42)/b9-6+,14-4-,24-5+. The highest BCUT2D eigenvalue weighted by Gasteiger charge is 2.31. The number of halogens is 1. The summed E-state index contributed by atoms with van der Waals surface area (Å²) in [5.74, 6) is 0.225. The number of carbonyl (C=O) groups is 2. The SMILES string of the molecule is CCC(/C=C/C(=O)NCc1cc2cc(-c3ccc(C(=O)N4CCC(C)(F)CC4)cn3)cc(-c3ccncc3)c2o1)=C\C=C/N. The number of nitrogens with two attached hydrogens (primary N) is 1. The van der Waals surface area contributed by atoms with E-state index in [1.165, 1.54) is 12.3 Å². The summed E-state index contributed by atoms with van der Waals surface area (Å²) in [4.78, 5) is 36.0. The summed E-state index contributed by atoms with van der Waals surface area (Å²) in [5.41, 5.74) is 9.62. The van der Waals surface area contributed by atoms with Crippen molar-refractivity contribution in [3.8, 4) is 22.4 Å². The van der Waals surface area contributed by atoms with Crippen molar-refractivity contribution in [1.82, 2.24) is 20.2 Å². The number of nitrogens with zero attached hydrogens (tertiary/aromatic N) is 3. The van der Waals surface area contributed by atoms with Crippen LogP contribution < -0.4 is 11.1 Å². The largest absolute Gasteiger partial charge is 0.459 e. The van der Waals surface area contributed by atoms with Crippen LogP contribution in [0.2, 0.25) is 0 Å². The molecule has 3 aromatic heterocycles. The number of alkyl halides is 1. The maximum Gasteiger partial charge on any atom is 0.255 e. The monoisotopic (exact) mass is 593 g/mol. The molecular weight excluding hydrogens is 557 g/mol. The van der Waals surface area contributed by atoms with Crippen LogP contribution >= 0.6 is 0 Å². The maximum absolute atomic E-state index is 14.2. The molecule has 1 aliphatic rings. The third-order valence-electron chi connectivity index (χ3n) is 7.77. The summed E-state index contributed by atoms with van der Waals surface area (Å²) in [6, 6.07) is 13.3.